The number of ether oxygens (including phenoxy) is 7. The van der Waals surface area contributed by atoms with Crippen molar-refractivity contribution in [3.63, 3.8) is 0 Å². The molecule has 67 heavy (non-hydrogen) atoms. The summed E-state index contributed by atoms with van der Waals surface area (Å²) in [7, 11) is 4.72. The highest BCUT2D eigenvalue weighted by Gasteiger charge is 2.56. The number of amides is 1. The second-order valence-corrected chi connectivity index (χ2v) is 21.1. The van der Waals surface area contributed by atoms with E-state index in [9.17, 15) is 34.2 Å². The second-order valence-electron chi connectivity index (χ2n) is 19.8. The number of Topliss-reactive ketones (excluding diaryl/α,β-unsaturated/α-hetero) is 2. The number of hydrogen-bond donors (Lipinski definition) is 2. The van der Waals surface area contributed by atoms with E-state index in [-0.39, 0.29) is 66.9 Å². The summed E-state index contributed by atoms with van der Waals surface area (Å²) >= 11 is 1.61. The van der Waals surface area contributed by atoms with Crippen molar-refractivity contribution in [1.82, 2.24) is 4.90 Å². The van der Waals surface area contributed by atoms with Gasteiger partial charge in [-0.05, 0) is 108 Å². The van der Waals surface area contributed by atoms with Gasteiger partial charge in [0.15, 0.2) is 0 Å². The Labute approximate surface area is 402 Å². The SMILES string of the molecule is C=CC[C@@H]1/C=C(\C)C[C@H](C)C[C@H](OC)C2O[C@@](O)(C(=O)C(=O)N3CCCC[C@H]3C(=O)O[C@H](/C(C)=C/[C@@H]3CC[C@@H](OCCCS[C@H]4CCOC4=O)[C@H](OC)C3)[C@H](C)[C@@H](O)CC1=O)[C@H](C)C[C@@H]2OC. The Kier molecular flexibility index (Phi) is 21.1. The molecule has 0 aromatic rings. The summed E-state index contributed by atoms with van der Waals surface area (Å²) in [6.45, 7) is 14.2. The molecule has 1 unspecified atom stereocenters. The maximum Gasteiger partial charge on any atom is 0.329 e. The zero-order chi connectivity index (χ0) is 49.0. The Bertz CT molecular complexity index is 1770. The van der Waals surface area contributed by atoms with Gasteiger partial charge in [-0.2, -0.15) is 0 Å². The number of thioether (sulfide) groups is 1. The van der Waals surface area contributed by atoms with Crippen molar-refractivity contribution in [3.8, 4) is 0 Å². The largest absolute Gasteiger partial charge is 0.465 e. The number of cyclic esters (lactones) is 2. The van der Waals surface area contributed by atoms with Crippen LogP contribution in [-0.4, -0.2) is 151 Å². The normalized spacial score (nSPS) is 38.8. The van der Waals surface area contributed by atoms with Crippen LogP contribution in [0.4, 0.5) is 0 Å². The van der Waals surface area contributed by atoms with Gasteiger partial charge in [0, 0.05) is 65.1 Å². The van der Waals surface area contributed by atoms with E-state index in [0.717, 1.165) is 37.0 Å². The molecule has 0 radical (unpaired) electrons. The number of nitrogens with zero attached hydrogens (tertiary/aromatic N) is 1. The average Bonchev–Trinajstić information content (AvgIpc) is 3.73. The molecule has 1 amide bonds. The minimum absolute atomic E-state index is 0.00117. The number of aliphatic hydroxyl groups is 2. The average molecular weight is 962 g/mol. The molecule has 15 atom stereocenters. The molecule has 2 bridgehead atoms. The van der Waals surface area contributed by atoms with Crippen molar-refractivity contribution in [1.29, 1.82) is 0 Å². The zero-order valence-corrected chi connectivity index (χ0v) is 42.0. The van der Waals surface area contributed by atoms with E-state index in [1.807, 2.05) is 26.8 Å². The molecular weight excluding hydrogens is 883 g/mol. The molecule has 1 aliphatic carbocycles. The molecule has 4 heterocycles. The van der Waals surface area contributed by atoms with Gasteiger partial charge in [0.25, 0.3) is 11.7 Å². The van der Waals surface area contributed by atoms with Crippen LogP contribution in [0.15, 0.2) is 36.0 Å². The van der Waals surface area contributed by atoms with E-state index < -0.39 is 77.8 Å². The highest BCUT2D eigenvalue weighted by Crippen LogP contribution is 2.39. The molecule has 4 aliphatic heterocycles. The van der Waals surface area contributed by atoms with Crippen molar-refractivity contribution < 1.29 is 67.3 Å². The van der Waals surface area contributed by atoms with Gasteiger partial charge in [-0.25, -0.2) is 4.79 Å². The van der Waals surface area contributed by atoms with Crippen LogP contribution >= 0.6 is 11.8 Å². The van der Waals surface area contributed by atoms with Gasteiger partial charge in [0.2, 0.25) is 5.79 Å². The number of ketones is 2. The predicted molar refractivity (Wildman–Crippen MR) is 253 cm³/mol. The Balaban J connectivity index is 1.42. The predicted octanol–water partition coefficient (Wildman–Crippen LogP) is 6.10. The summed E-state index contributed by atoms with van der Waals surface area (Å²) in [4.78, 5) is 70.4. The maximum absolute atomic E-state index is 14.5. The van der Waals surface area contributed by atoms with Crippen molar-refractivity contribution in [2.75, 3.05) is 46.8 Å². The highest BCUT2D eigenvalue weighted by molar-refractivity contribution is 8.00. The smallest absolute Gasteiger partial charge is 0.329 e. The first-order valence-corrected chi connectivity index (χ1v) is 25.6. The van der Waals surface area contributed by atoms with Gasteiger partial charge in [-0.1, -0.05) is 44.6 Å². The number of allylic oxidation sites excluding steroid dienone is 4. The lowest BCUT2D eigenvalue weighted by molar-refractivity contribution is -0.302. The van der Waals surface area contributed by atoms with Gasteiger partial charge in [0.05, 0.1) is 37.1 Å². The van der Waals surface area contributed by atoms with E-state index in [1.54, 1.807) is 38.8 Å². The van der Waals surface area contributed by atoms with Crippen LogP contribution in [0.2, 0.25) is 0 Å². The minimum Gasteiger partial charge on any atom is -0.465 e. The fraction of sp³-hybridized carbons (Fsp3) is 0.784. The Morgan fingerprint density at radius 3 is 2.31 bits per heavy atom. The lowest BCUT2D eigenvalue weighted by Crippen LogP contribution is -2.64. The van der Waals surface area contributed by atoms with E-state index >= 15 is 0 Å². The van der Waals surface area contributed by atoms with Crippen molar-refractivity contribution in [2.45, 2.75) is 178 Å². The van der Waals surface area contributed by atoms with Crippen LogP contribution in [0.1, 0.15) is 118 Å². The molecular formula is C51H79NO14S. The van der Waals surface area contributed by atoms with Gasteiger partial charge in [-0.3, -0.25) is 19.2 Å². The monoisotopic (exact) mass is 962 g/mol. The third kappa shape index (κ3) is 14.1. The number of carbonyl (C=O) groups is 5. The number of esters is 2. The zero-order valence-electron chi connectivity index (χ0n) is 41.2. The summed E-state index contributed by atoms with van der Waals surface area (Å²) in [6, 6.07) is -1.15. The quantitative estimate of drug-likeness (QED) is 0.0930. The van der Waals surface area contributed by atoms with Crippen LogP contribution in [0, 0.1) is 29.6 Å². The lowest BCUT2D eigenvalue weighted by atomic mass is 9.81. The second kappa shape index (κ2) is 25.8. The molecule has 378 valence electrons. The summed E-state index contributed by atoms with van der Waals surface area (Å²) in [5, 5.41) is 23.9. The summed E-state index contributed by atoms with van der Waals surface area (Å²) < 4.78 is 41.7. The van der Waals surface area contributed by atoms with Crippen molar-refractivity contribution in [3.05, 3.63) is 36.0 Å². The van der Waals surface area contributed by atoms with Gasteiger partial charge in [0.1, 0.15) is 29.3 Å². The molecule has 0 spiro atoms. The third-order valence-electron chi connectivity index (χ3n) is 14.7. The van der Waals surface area contributed by atoms with Crippen LogP contribution in [0.5, 0.6) is 0 Å². The Morgan fingerprint density at radius 1 is 0.925 bits per heavy atom. The molecule has 4 fully saturated rings. The van der Waals surface area contributed by atoms with Crippen LogP contribution in [0.3, 0.4) is 0 Å². The lowest BCUT2D eigenvalue weighted by Gasteiger charge is -2.47. The topological polar surface area (TPSA) is 194 Å². The van der Waals surface area contributed by atoms with Gasteiger partial charge < -0.3 is 48.3 Å². The van der Waals surface area contributed by atoms with Crippen LogP contribution < -0.4 is 0 Å². The third-order valence-corrected chi connectivity index (χ3v) is 16.0. The first-order chi connectivity index (χ1) is 31.9. The van der Waals surface area contributed by atoms with E-state index in [0.29, 0.717) is 57.3 Å². The molecule has 1 saturated carbocycles. The summed E-state index contributed by atoms with van der Waals surface area (Å²) in [5.74, 6) is -7.13. The fourth-order valence-corrected chi connectivity index (χ4v) is 11.8. The molecule has 0 aromatic carbocycles. The number of fused-ring (bicyclic) bond motifs is 3. The first-order valence-electron chi connectivity index (χ1n) is 24.6. The van der Waals surface area contributed by atoms with Gasteiger partial charge in [-0.15, -0.1) is 18.3 Å². The first kappa shape index (κ1) is 55.0. The minimum atomic E-state index is -2.52. The number of methoxy groups -OCH3 is 3. The van der Waals surface area contributed by atoms with Crippen LogP contribution in [-0.2, 0) is 57.1 Å². The maximum atomic E-state index is 14.5. The van der Waals surface area contributed by atoms with E-state index in [4.69, 9.17) is 33.2 Å². The van der Waals surface area contributed by atoms with E-state index in [2.05, 4.69) is 12.7 Å². The molecule has 2 N–H and O–H groups in total. The Morgan fingerprint density at radius 2 is 1.64 bits per heavy atom. The summed E-state index contributed by atoms with van der Waals surface area (Å²) in [5.41, 5.74) is 1.63. The molecule has 5 rings (SSSR count). The van der Waals surface area contributed by atoms with Crippen molar-refractivity contribution in [2.24, 2.45) is 29.6 Å². The number of rotatable bonds is 13. The highest BCUT2D eigenvalue weighted by atomic mass is 32.2. The van der Waals surface area contributed by atoms with Gasteiger partial charge >= 0.3 is 11.9 Å². The molecule has 5 aliphatic rings. The van der Waals surface area contributed by atoms with E-state index in [1.165, 1.54) is 19.1 Å². The summed E-state index contributed by atoms with van der Waals surface area (Å²) in [6.07, 6.45) is 7.47. The standard InChI is InChI=1S/C51H79NO14S/c1-10-14-36-24-30(2)23-31(3)25-42(61-8)46-43(62-9)27-33(5)51(59,66-46)47(55)48(56)52-19-12-11-15-37(52)49(57)65-45(34(6)38(53)29-39(36)54)32(4)26-35-16-17-40(41(28-35)60-7)63-20-13-22-67-44-18-21-64-50(44)58/h10,24,26,31,33-38,40-46,53,59H,1,11-23,25,27-29H2,2-9H3/b30-24+,32-26+/t31-,33+,34+,35-,36+,37-,38-,40+,41+,42-,43-,44-,45+,46?,51+/m0/s1. The molecule has 16 heteroatoms. The molecule has 15 nitrogen and oxygen atoms in total. The number of hydrogen-bond acceptors (Lipinski definition) is 15. The fourth-order valence-electron chi connectivity index (χ4n) is 10.7. The molecule has 3 saturated heterocycles. The van der Waals surface area contributed by atoms with Crippen LogP contribution in [0.25, 0.3) is 0 Å². The van der Waals surface area contributed by atoms with Crippen molar-refractivity contribution >= 4 is 41.2 Å². The number of piperidine rings is 1. The Hall–Kier alpha value is -2.96. The number of carbonyl (C=O) groups excluding carboxylic acids is 5. The molecule has 0 aromatic heterocycles. The number of aliphatic hydroxyl groups excluding tert-OH is 1.